The molecule has 0 amide bonds. The third kappa shape index (κ3) is 11.8. The molecule has 0 unspecified atom stereocenters. The average Bonchev–Trinajstić information content (AvgIpc) is 1.81. The fraction of sp³-hybridized carbons (Fsp3) is 0.250. The van der Waals surface area contributed by atoms with Crippen LogP contribution in [0.25, 0.3) is 0 Å². The lowest BCUT2D eigenvalue weighted by molar-refractivity contribution is 0.621. The normalized spacial score (nSPS) is 10.2. The summed E-state index contributed by atoms with van der Waals surface area (Å²) in [6.07, 6.45) is 0. The summed E-state index contributed by atoms with van der Waals surface area (Å²) in [7, 11) is 4.81. The zero-order valence-electron chi connectivity index (χ0n) is 7.29. The van der Waals surface area contributed by atoms with Gasteiger partial charge in [-0.15, -0.1) is 0 Å². The average molecular weight is 241 g/mol. The second kappa shape index (κ2) is 5.47. The van der Waals surface area contributed by atoms with E-state index in [0.29, 0.717) is 0 Å². The van der Waals surface area contributed by atoms with Crippen LogP contribution < -0.4 is 0 Å². The molecule has 1 aromatic rings. The van der Waals surface area contributed by atoms with Crippen LogP contribution >= 0.6 is 21.4 Å². The summed E-state index contributed by atoms with van der Waals surface area (Å²) in [6, 6.07) is 8.45. The van der Waals surface area contributed by atoms with Crippen molar-refractivity contribution in [1.29, 1.82) is 0 Å². The van der Waals surface area contributed by atoms with E-state index in [0.717, 1.165) is 0 Å². The van der Waals surface area contributed by atoms with Crippen molar-refractivity contribution < 1.29 is 8.42 Å². The summed E-state index contributed by atoms with van der Waals surface area (Å²) < 4.78 is 18.3. The molecule has 0 atom stereocenters. The van der Waals surface area contributed by atoms with Gasteiger partial charge < -0.3 is 0 Å². The van der Waals surface area contributed by atoms with Crippen LogP contribution in [0.4, 0.5) is 0 Å². The maximum Gasteiger partial charge on any atom is 0.317 e. The zero-order chi connectivity index (χ0) is 10.5. The zero-order valence-corrected chi connectivity index (χ0v) is 9.62. The van der Waals surface area contributed by atoms with Crippen molar-refractivity contribution in [3.05, 3.63) is 35.4 Å². The van der Waals surface area contributed by atoms with Gasteiger partial charge in [0.2, 0.25) is 0 Å². The van der Waals surface area contributed by atoms with Gasteiger partial charge in [0.1, 0.15) is 0 Å². The molecule has 0 aliphatic rings. The van der Waals surface area contributed by atoms with Crippen molar-refractivity contribution in [2.24, 2.45) is 0 Å². The molecule has 2 nitrogen and oxygen atoms in total. The molecular formula is C8H10Cl2O2S. The maximum absolute atomic E-state index is 9.16. The topological polar surface area (TPSA) is 34.1 Å². The quantitative estimate of drug-likeness (QED) is 0.654. The number of halogens is 2. The molecule has 0 saturated heterocycles. The van der Waals surface area contributed by atoms with Crippen molar-refractivity contribution in [2.75, 3.05) is 0 Å². The Balaban J connectivity index is 0.000000252. The van der Waals surface area contributed by atoms with E-state index >= 15 is 0 Å². The molecule has 0 aromatic heterocycles. The van der Waals surface area contributed by atoms with Gasteiger partial charge in [0, 0.05) is 21.4 Å². The minimum absolute atomic E-state index is 1.34. The predicted molar refractivity (Wildman–Crippen MR) is 56.5 cm³/mol. The second-order valence-corrected chi connectivity index (χ2v) is 6.20. The van der Waals surface area contributed by atoms with Gasteiger partial charge in [-0.05, 0) is 13.8 Å². The van der Waals surface area contributed by atoms with Gasteiger partial charge in [-0.1, -0.05) is 35.4 Å². The molecule has 0 saturated carbocycles. The largest absolute Gasteiger partial charge is 0.317 e. The second-order valence-electron chi connectivity index (χ2n) is 2.54. The Kier molecular flexibility index (Phi) is 5.37. The molecule has 74 valence electrons. The summed E-state index contributed by atoms with van der Waals surface area (Å²) in [5.74, 6) is 0. The first kappa shape index (κ1) is 12.8. The first-order valence-corrected chi connectivity index (χ1v) is 6.60. The highest BCUT2D eigenvalue weighted by Crippen LogP contribution is 2.00. The predicted octanol–water partition coefficient (Wildman–Crippen LogP) is 3.01. The Morgan fingerprint density at radius 2 is 1.38 bits per heavy atom. The molecule has 0 radical (unpaired) electrons. The highest BCUT2D eigenvalue weighted by molar-refractivity contribution is 8.31. The lowest BCUT2D eigenvalue weighted by Gasteiger charge is -1.90. The monoisotopic (exact) mass is 240 g/mol. The van der Waals surface area contributed by atoms with Crippen molar-refractivity contribution in [3.8, 4) is 0 Å². The van der Waals surface area contributed by atoms with Crippen LogP contribution in [0.5, 0.6) is 0 Å². The van der Waals surface area contributed by atoms with E-state index in [1.165, 1.54) is 11.1 Å². The summed E-state index contributed by atoms with van der Waals surface area (Å²) in [6.45, 7) is 4.21. The smallest absolute Gasteiger partial charge is 0.195 e. The lowest BCUT2D eigenvalue weighted by atomic mass is 10.2. The van der Waals surface area contributed by atoms with Crippen LogP contribution in [0.2, 0.25) is 0 Å². The highest BCUT2D eigenvalue weighted by atomic mass is 36.0. The highest BCUT2D eigenvalue weighted by Gasteiger charge is 1.88. The van der Waals surface area contributed by atoms with Gasteiger partial charge in [-0.3, -0.25) is 0 Å². The Hall–Kier alpha value is -0.250. The van der Waals surface area contributed by atoms with Crippen LogP contribution in [-0.4, -0.2) is 8.42 Å². The number of benzene rings is 1. The van der Waals surface area contributed by atoms with Gasteiger partial charge in [-0.25, -0.2) is 0 Å². The Morgan fingerprint density at radius 1 is 1.08 bits per heavy atom. The van der Waals surface area contributed by atoms with Crippen LogP contribution in [0.15, 0.2) is 24.3 Å². The molecule has 0 aliphatic carbocycles. The van der Waals surface area contributed by atoms with Crippen LogP contribution in [-0.2, 0) is 8.26 Å². The third-order valence-corrected chi connectivity index (χ3v) is 1.17. The lowest BCUT2D eigenvalue weighted by Crippen LogP contribution is -1.71. The fourth-order valence-corrected chi connectivity index (χ4v) is 0.807. The standard InChI is InChI=1S/C8H10.Cl2O2S/c1-7-4-3-5-8(2)6-7;1-5(2,3)4/h3-6H,1-2H3;. The maximum atomic E-state index is 9.16. The van der Waals surface area contributed by atoms with Gasteiger partial charge in [0.05, 0.1) is 0 Å². The van der Waals surface area contributed by atoms with E-state index in [4.69, 9.17) is 8.42 Å². The van der Waals surface area contributed by atoms with Crippen LogP contribution in [0.1, 0.15) is 11.1 Å². The fourth-order valence-electron chi connectivity index (χ4n) is 0.807. The summed E-state index contributed by atoms with van der Waals surface area (Å²) in [5, 5.41) is 0. The SMILES string of the molecule is Cc1cccc(C)c1.O=S(=O)(Cl)Cl. The molecule has 0 spiro atoms. The van der Waals surface area contributed by atoms with Gasteiger partial charge in [0.25, 0.3) is 0 Å². The first-order valence-electron chi connectivity index (χ1n) is 3.46. The molecule has 1 rings (SSSR count). The number of rotatable bonds is 0. The molecule has 0 bridgehead atoms. The minimum atomic E-state index is -3.72. The van der Waals surface area contributed by atoms with E-state index in [1.54, 1.807) is 0 Å². The third-order valence-electron chi connectivity index (χ3n) is 1.17. The summed E-state index contributed by atoms with van der Waals surface area (Å²) in [5.41, 5.74) is 2.68. The van der Waals surface area contributed by atoms with E-state index in [2.05, 4.69) is 59.5 Å². The molecule has 1 aromatic carbocycles. The molecule has 0 fully saturated rings. The van der Waals surface area contributed by atoms with Gasteiger partial charge in [0.15, 0.2) is 0 Å². The Labute approximate surface area is 87.4 Å². The van der Waals surface area contributed by atoms with Crippen LogP contribution in [0.3, 0.4) is 0 Å². The summed E-state index contributed by atoms with van der Waals surface area (Å²) >= 11 is 0. The number of hydrogen-bond acceptors (Lipinski definition) is 2. The molecular weight excluding hydrogens is 231 g/mol. The molecule has 0 heterocycles. The minimum Gasteiger partial charge on any atom is -0.195 e. The van der Waals surface area contributed by atoms with Gasteiger partial charge in [-0.2, -0.15) is 8.42 Å². The van der Waals surface area contributed by atoms with Crippen molar-refractivity contribution in [1.82, 2.24) is 0 Å². The Bertz CT molecular complexity index is 335. The number of hydrogen-bond donors (Lipinski definition) is 0. The summed E-state index contributed by atoms with van der Waals surface area (Å²) in [4.78, 5) is 0. The van der Waals surface area contributed by atoms with E-state index in [1.807, 2.05) is 0 Å². The molecule has 13 heavy (non-hydrogen) atoms. The van der Waals surface area contributed by atoms with Gasteiger partial charge >= 0.3 is 8.26 Å². The molecule has 0 aliphatic heterocycles. The first-order chi connectivity index (χ1) is 5.79. The van der Waals surface area contributed by atoms with Crippen molar-refractivity contribution >= 4 is 29.6 Å². The van der Waals surface area contributed by atoms with Crippen LogP contribution in [0, 0.1) is 13.8 Å². The van der Waals surface area contributed by atoms with Crippen molar-refractivity contribution in [3.63, 3.8) is 0 Å². The molecule has 0 N–H and O–H groups in total. The molecule has 5 heteroatoms. The van der Waals surface area contributed by atoms with E-state index in [9.17, 15) is 0 Å². The number of aryl methyl sites for hydroxylation is 2. The van der Waals surface area contributed by atoms with E-state index in [-0.39, 0.29) is 0 Å². The Morgan fingerprint density at radius 3 is 1.54 bits per heavy atom. The van der Waals surface area contributed by atoms with E-state index < -0.39 is 8.26 Å². The van der Waals surface area contributed by atoms with Crippen molar-refractivity contribution in [2.45, 2.75) is 13.8 Å².